The van der Waals surface area contributed by atoms with Crippen molar-refractivity contribution in [1.29, 1.82) is 0 Å². The molecular formula is C14H23NO4S. The number of sulfone groups is 1. The third kappa shape index (κ3) is 5.38. The molecule has 1 aromatic carbocycles. The Hall–Kier alpha value is -1.27. The van der Waals surface area contributed by atoms with Gasteiger partial charge >= 0.3 is 0 Å². The van der Waals surface area contributed by atoms with E-state index in [-0.39, 0.29) is 24.2 Å². The maximum absolute atomic E-state index is 11.4. The first-order valence-electron chi connectivity index (χ1n) is 6.63. The second-order valence-electron chi connectivity index (χ2n) is 4.74. The Labute approximate surface area is 121 Å². The van der Waals surface area contributed by atoms with E-state index in [9.17, 15) is 8.42 Å². The molecule has 0 aliphatic carbocycles. The van der Waals surface area contributed by atoms with Crippen LogP contribution < -0.4 is 15.2 Å². The van der Waals surface area contributed by atoms with Crippen LogP contribution in [0.1, 0.15) is 19.4 Å². The van der Waals surface area contributed by atoms with Crippen molar-refractivity contribution in [3.63, 3.8) is 0 Å². The molecule has 0 saturated carbocycles. The zero-order valence-corrected chi connectivity index (χ0v) is 13.1. The predicted octanol–water partition coefficient (Wildman–Crippen LogP) is 1.40. The minimum absolute atomic E-state index is 0.0103. The summed E-state index contributed by atoms with van der Waals surface area (Å²) in [6, 6.07) is 5.43. The molecule has 0 aliphatic heterocycles. The number of ether oxygens (including phenoxy) is 2. The van der Waals surface area contributed by atoms with Gasteiger partial charge in [0.15, 0.2) is 9.84 Å². The van der Waals surface area contributed by atoms with Crippen molar-refractivity contribution < 1.29 is 17.9 Å². The van der Waals surface area contributed by atoms with Gasteiger partial charge in [-0.2, -0.15) is 0 Å². The van der Waals surface area contributed by atoms with Crippen LogP contribution in [0.5, 0.6) is 11.5 Å². The summed E-state index contributed by atoms with van der Waals surface area (Å²) >= 11 is 0. The smallest absolute Gasteiger partial charge is 0.153 e. The summed E-state index contributed by atoms with van der Waals surface area (Å²) in [6.45, 7) is 3.68. The molecule has 0 heterocycles. The Kier molecular flexibility index (Phi) is 6.29. The van der Waals surface area contributed by atoms with Crippen molar-refractivity contribution in [2.45, 2.75) is 26.3 Å². The van der Waals surface area contributed by atoms with E-state index in [1.807, 2.05) is 13.0 Å². The van der Waals surface area contributed by atoms with E-state index < -0.39 is 9.84 Å². The summed E-state index contributed by atoms with van der Waals surface area (Å²) in [5, 5.41) is 0. The van der Waals surface area contributed by atoms with E-state index in [1.165, 1.54) is 0 Å². The molecule has 5 nitrogen and oxygen atoms in total. The molecule has 6 heteroatoms. The van der Waals surface area contributed by atoms with Gasteiger partial charge in [-0.15, -0.1) is 0 Å². The van der Waals surface area contributed by atoms with Gasteiger partial charge in [0, 0.05) is 11.8 Å². The monoisotopic (exact) mass is 301 g/mol. The lowest BCUT2D eigenvalue weighted by molar-refractivity contribution is 0.335. The number of hydrogen-bond acceptors (Lipinski definition) is 5. The van der Waals surface area contributed by atoms with Crippen molar-refractivity contribution in [3.05, 3.63) is 23.8 Å². The molecule has 20 heavy (non-hydrogen) atoms. The number of methoxy groups -OCH3 is 1. The van der Waals surface area contributed by atoms with E-state index in [1.54, 1.807) is 26.2 Å². The Balaban J connectivity index is 2.78. The minimum atomic E-state index is -3.01. The summed E-state index contributed by atoms with van der Waals surface area (Å²) in [7, 11) is -1.42. The third-order valence-corrected chi connectivity index (χ3v) is 4.57. The van der Waals surface area contributed by atoms with Gasteiger partial charge in [0.2, 0.25) is 0 Å². The van der Waals surface area contributed by atoms with E-state index >= 15 is 0 Å². The van der Waals surface area contributed by atoms with Crippen LogP contribution in [0.25, 0.3) is 0 Å². The van der Waals surface area contributed by atoms with Gasteiger partial charge in [-0.3, -0.25) is 0 Å². The van der Waals surface area contributed by atoms with Gasteiger partial charge in [0.05, 0.1) is 12.9 Å². The molecule has 0 bridgehead atoms. The summed E-state index contributed by atoms with van der Waals surface area (Å²) in [5.74, 6) is 1.54. The molecule has 1 unspecified atom stereocenters. The fourth-order valence-electron chi connectivity index (χ4n) is 1.75. The lowest BCUT2D eigenvalue weighted by atomic mass is 10.1. The zero-order chi connectivity index (χ0) is 15.2. The van der Waals surface area contributed by atoms with Crippen LogP contribution >= 0.6 is 0 Å². The van der Waals surface area contributed by atoms with E-state index in [0.717, 1.165) is 11.3 Å². The lowest BCUT2D eigenvalue weighted by Crippen LogP contribution is -2.19. The zero-order valence-electron chi connectivity index (χ0n) is 12.3. The Bertz CT molecular complexity index is 526. The van der Waals surface area contributed by atoms with Crippen LogP contribution in [0.2, 0.25) is 0 Å². The van der Waals surface area contributed by atoms with Gasteiger partial charge in [-0.25, -0.2) is 8.42 Å². The second-order valence-corrected chi connectivity index (χ2v) is 7.21. The average molecular weight is 301 g/mol. The molecule has 1 atom stereocenters. The highest BCUT2D eigenvalue weighted by molar-refractivity contribution is 7.91. The molecule has 0 amide bonds. The quantitative estimate of drug-likeness (QED) is 0.785. The summed E-state index contributed by atoms with van der Waals surface area (Å²) in [5.41, 5.74) is 6.74. The number of benzene rings is 1. The van der Waals surface area contributed by atoms with Crippen molar-refractivity contribution in [2.24, 2.45) is 5.73 Å². The molecule has 0 fully saturated rings. The van der Waals surface area contributed by atoms with Gasteiger partial charge in [0.25, 0.3) is 0 Å². The predicted molar refractivity (Wildman–Crippen MR) is 80.2 cm³/mol. The largest absolute Gasteiger partial charge is 0.497 e. The standard InChI is InChI=1S/C14H23NO4S/c1-4-20(16,17)8-7-19-14-6-5-13(18-3)10-12(14)9-11(2)15/h5-6,10-11H,4,7-9,15H2,1-3H3. The van der Waals surface area contributed by atoms with Gasteiger partial charge in [0.1, 0.15) is 18.1 Å². The Morgan fingerprint density at radius 1 is 1.35 bits per heavy atom. The third-order valence-electron chi connectivity index (χ3n) is 2.90. The minimum Gasteiger partial charge on any atom is -0.497 e. The first-order valence-corrected chi connectivity index (χ1v) is 8.45. The van der Waals surface area contributed by atoms with Crippen LogP contribution in [0.4, 0.5) is 0 Å². The van der Waals surface area contributed by atoms with Crippen molar-refractivity contribution in [3.8, 4) is 11.5 Å². The van der Waals surface area contributed by atoms with Crippen LogP contribution in [-0.2, 0) is 16.3 Å². The molecular weight excluding hydrogens is 278 g/mol. The van der Waals surface area contributed by atoms with Crippen molar-refractivity contribution >= 4 is 9.84 Å². The van der Waals surface area contributed by atoms with E-state index in [4.69, 9.17) is 15.2 Å². The molecule has 114 valence electrons. The fourth-order valence-corrected chi connectivity index (χ4v) is 2.38. The lowest BCUT2D eigenvalue weighted by Gasteiger charge is -2.14. The topological polar surface area (TPSA) is 78.6 Å². The highest BCUT2D eigenvalue weighted by Gasteiger charge is 2.11. The highest BCUT2D eigenvalue weighted by atomic mass is 32.2. The number of hydrogen-bond donors (Lipinski definition) is 1. The molecule has 2 N–H and O–H groups in total. The van der Waals surface area contributed by atoms with Crippen LogP contribution in [-0.4, -0.2) is 39.7 Å². The summed E-state index contributed by atoms with van der Waals surface area (Å²) in [6.07, 6.45) is 0.646. The average Bonchev–Trinajstić information content (AvgIpc) is 2.39. The molecule has 0 saturated heterocycles. The van der Waals surface area contributed by atoms with Gasteiger partial charge in [-0.05, 0) is 37.1 Å². The second kappa shape index (κ2) is 7.50. The highest BCUT2D eigenvalue weighted by Crippen LogP contribution is 2.25. The van der Waals surface area contributed by atoms with Gasteiger partial charge < -0.3 is 15.2 Å². The fraction of sp³-hybridized carbons (Fsp3) is 0.571. The maximum Gasteiger partial charge on any atom is 0.153 e. The summed E-state index contributed by atoms with van der Waals surface area (Å²) < 4.78 is 33.6. The van der Waals surface area contributed by atoms with E-state index in [0.29, 0.717) is 12.2 Å². The van der Waals surface area contributed by atoms with Crippen molar-refractivity contribution in [1.82, 2.24) is 0 Å². The number of nitrogens with two attached hydrogens (primary N) is 1. The first-order chi connectivity index (χ1) is 9.38. The van der Waals surface area contributed by atoms with Crippen LogP contribution in [0, 0.1) is 0 Å². The molecule has 0 aliphatic rings. The Morgan fingerprint density at radius 2 is 2.05 bits per heavy atom. The SMILES string of the molecule is CCS(=O)(=O)CCOc1ccc(OC)cc1CC(C)N. The normalized spacial score (nSPS) is 13.0. The molecule has 0 radical (unpaired) electrons. The molecule has 0 aromatic heterocycles. The molecule has 1 rings (SSSR count). The van der Waals surface area contributed by atoms with Crippen LogP contribution in [0.15, 0.2) is 18.2 Å². The molecule has 1 aromatic rings. The van der Waals surface area contributed by atoms with E-state index in [2.05, 4.69) is 0 Å². The van der Waals surface area contributed by atoms with Gasteiger partial charge in [-0.1, -0.05) is 6.92 Å². The van der Waals surface area contributed by atoms with Crippen molar-refractivity contribution in [2.75, 3.05) is 25.2 Å². The summed E-state index contributed by atoms with van der Waals surface area (Å²) in [4.78, 5) is 0. The number of rotatable bonds is 8. The molecule has 0 spiro atoms. The van der Waals surface area contributed by atoms with Crippen LogP contribution in [0.3, 0.4) is 0 Å². The Morgan fingerprint density at radius 3 is 2.60 bits per heavy atom. The first kappa shape index (κ1) is 16.8. The maximum atomic E-state index is 11.4.